The lowest BCUT2D eigenvalue weighted by Crippen LogP contribution is -2.30. The number of phosphoric ester groups is 2. The molecule has 0 heterocycles. The second-order valence-electron chi connectivity index (χ2n) is 30.8. The second-order valence-corrected chi connectivity index (χ2v) is 33.7. The smallest absolute Gasteiger partial charge is 0.462 e. The van der Waals surface area contributed by atoms with Crippen LogP contribution in [0.1, 0.15) is 440 Å². The van der Waals surface area contributed by atoms with E-state index in [9.17, 15) is 43.2 Å². The van der Waals surface area contributed by atoms with Crippen LogP contribution in [0.2, 0.25) is 0 Å². The Morgan fingerprint density at radius 3 is 0.667 bits per heavy atom. The zero-order chi connectivity index (χ0) is 74.9. The Balaban J connectivity index is 5.22. The van der Waals surface area contributed by atoms with Crippen LogP contribution in [0, 0.1) is 11.8 Å². The van der Waals surface area contributed by atoms with E-state index >= 15 is 0 Å². The molecule has 102 heavy (non-hydrogen) atoms. The molecule has 0 fully saturated rings. The maximum atomic E-state index is 13.1. The summed E-state index contributed by atoms with van der Waals surface area (Å²) in [4.78, 5) is 73.1. The molecular formula is C83H162O17P2. The van der Waals surface area contributed by atoms with Crippen molar-refractivity contribution in [2.75, 3.05) is 39.6 Å². The van der Waals surface area contributed by atoms with Crippen molar-refractivity contribution in [3.8, 4) is 0 Å². The number of unbranched alkanes of at least 4 members (excludes halogenated alkanes) is 52. The highest BCUT2D eigenvalue weighted by molar-refractivity contribution is 7.47. The summed E-state index contributed by atoms with van der Waals surface area (Å²) in [5, 5.41) is 10.7. The molecule has 0 aliphatic carbocycles. The number of esters is 4. The van der Waals surface area contributed by atoms with Gasteiger partial charge < -0.3 is 33.8 Å². The van der Waals surface area contributed by atoms with Gasteiger partial charge in [-0.05, 0) is 37.5 Å². The van der Waals surface area contributed by atoms with Gasteiger partial charge in [-0.1, -0.05) is 388 Å². The second kappa shape index (κ2) is 74.5. The van der Waals surface area contributed by atoms with Gasteiger partial charge in [0.05, 0.1) is 26.4 Å². The number of hydrogen-bond donors (Lipinski definition) is 3. The number of carbonyl (C=O) groups excluding carboxylic acids is 4. The molecule has 5 atom stereocenters. The van der Waals surface area contributed by atoms with Gasteiger partial charge in [0.25, 0.3) is 0 Å². The number of hydrogen-bond acceptors (Lipinski definition) is 15. The molecule has 0 amide bonds. The molecule has 0 aliphatic heterocycles. The number of carbonyl (C=O) groups is 4. The minimum absolute atomic E-state index is 0.107. The van der Waals surface area contributed by atoms with Crippen LogP contribution < -0.4 is 0 Å². The van der Waals surface area contributed by atoms with Gasteiger partial charge >= 0.3 is 39.5 Å². The molecule has 0 saturated carbocycles. The lowest BCUT2D eigenvalue weighted by molar-refractivity contribution is -0.161. The first-order valence-corrected chi connectivity index (χ1v) is 46.0. The average Bonchev–Trinajstić information content (AvgIpc) is 0.908. The van der Waals surface area contributed by atoms with Gasteiger partial charge in [-0.15, -0.1) is 0 Å². The third-order valence-electron chi connectivity index (χ3n) is 19.5. The topological polar surface area (TPSA) is 237 Å². The van der Waals surface area contributed by atoms with E-state index in [1.807, 2.05) is 0 Å². The zero-order valence-corrected chi connectivity index (χ0v) is 68.7. The standard InChI is InChI=1S/C83H162O17P2/c1-7-9-11-13-15-17-19-21-23-26-30-34-37-41-47-53-59-65-80(85)93-71-78(99-82(87)68-62-56-49-43-39-35-31-28-25-24-27-29-32-36-40-45-51-57-63-75(3)4)73-97-101(89,90)95-69-77(84)70-96-102(91,92)98-74-79(72-94-81(86)66-60-54-50-44-46-52-58-64-76(5)6)100-83(88)67-61-55-48-42-38-33-22-20-18-16-14-12-10-8-2/h75-79,84H,7-74H2,1-6H3,(H,89,90)(H,91,92)/t77-,78-,79-/m1/s1. The highest BCUT2D eigenvalue weighted by Gasteiger charge is 2.30. The van der Waals surface area contributed by atoms with Gasteiger partial charge in [0.15, 0.2) is 12.2 Å². The Kier molecular flexibility index (Phi) is 73.1. The molecule has 0 rings (SSSR count). The van der Waals surface area contributed by atoms with E-state index in [4.69, 9.17) is 37.0 Å². The van der Waals surface area contributed by atoms with E-state index in [1.165, 1.54) is 250 Å². The highest BCUT2D eigenvalue weighted by atomic mass is 31.2. The molecule has 606 valence electrons. The highest BCUT2D eigenvalue weighted by Crippen LogP contribution is 2.45. The molecule has 17 nitrogen and oxygen atoms in total. The van der Waals surface area contributed by atoms with Gasteiger partial charge in [-0.3, -0.25) is 37.3 Å². The molecule has 0 aromatic carbocycles. The molecule has 0 aliphatic rings. The fourth-order valence-electron chi connectivity index (χ4n) is 12.9. The quantitative estimate of drug-likeness (QED) is 0.0222. The lowest BCUT2D eigenvalue weighted by atomic mass is 10.0. The first kappa shape index (κ1) is 100. The summed E-state index contributed by atoms with van der Waals surface area (Å²) in [5.74, 6) is -0.580. The molecule has 19 heteroatoms. The van der Waals surface area contributed by atoms with E-state index in [2.05, 4.69) is 41.5 Å². The largest absolute Gasteiger partial charge is 0.472 e. The van der Waals surface area contributed by atoms with Crippen LogP contribution in [0.3, 0.4) is 0 Å². The first-order valence-electron chi connectivity index (χ1n) is 43.0. The SMILES string of the molecule is CCCCCCCCCCCCCCCCCCCC(=O)OC[C@H](COP(=O)(O)OC[C@@H](O)COP(=O)(O)OC[C@@H](COC(=O)CCCCCCCCCC(C)C)OC(=O)CCCCCCCCCCCCCCCC)OC(=O)CCCCCCCCCCCCCCCCCCCCC(C)C. The summed E-state index contributed by atoms with van der Waals surface area (Å²) < 4.78 is 68.8. The van der Waals surface area contributed by atoms with E-state index in [1.54, 1.807) is 0 Å². The Morgan fingerprint density at radius 2 is 0.451 bits per heavy atom. The molecule has 3 N–H and O–H groups in total. The molecule has 0 spiro atoms. The number of rotatable bonds is 82. The Labute approximate surface area is 626 Å². The summed E-state index contributed by atoms with van der Waals surface area (Å²) in [6.45, 7) is 9.63. The minimum atomic E-state index is -4.96. The number of phosphoric acid groups is 2. The van der Waals surface area contributed by atoms with Crippen LogP contribution in [0.25, 0.3) is 0 Å². The molecule has 0 saturated heterocycles. The third kappa shape index (κ3) is 76.3. The van der Waals surface area contributed by atoms with Gasteiger partial charge in [0.2, 0.25) is 0 Å². The molecule has 0 bridgehead atoms. The Morgan fingerprint density at radius 1 is 0.265 bits per heavy atom. The maximum Gasteiger partial charge on any atom is 0.472 e. The van der Waals surface area contributed by atoms with Gasteiger partial charge in [0.1, 0.15) is 19.3 Å². The van der Waals surface area contributed by atoms with Crippen molar-refractivity contribution < 1.29 is 80.2 Å². The van der Waals surface area contributed by atoms with Gasteiger partial charge in [-0.25, -0.2) is 9.13 Å². The van der Waals surface area contributed by atoms with Crippen molar-refractivity contribution in [1.29, 1.82) is 0 Å². The van der Waals surface area contributed by atoms with Crippen LogP contribution in [0.5, 0.6) is 0 Å². The monoisotopic (exact) mass is 1490 g/mol. The molecular weight excluding hydrogens is 1330 g/mol. The number of aliphatic hydroxyl groups is 1. The summed E-state index contributed by atoms with van der Waals surface area (Å²) in [6, 6.07) is 0. The van der Waals surface area contributed by atoms with Crippen molar-refractivity contribution in [3.63, 3.8) is 0 Å². The minimum Gasteiger partial charge on any atom is -0.462 e. The summed E-state index contributed by atoms with van der Waals surface area (Å²) in [5.41, 5.74) is 0. The average molecular weight is 1490 g/mol. The van der Waals surface area contributed by atoms with Crippen LogP contribution in [-0.4, -0.2) is 96.7 Å². The van der Waals surface area contributed by atoms with Crippen molar-refractivity contribution >= 4 is 39.5 Å². The Hall–Kier alpha value is -1.94. The van der Waals surface area contributed by atoms with Gasteiger partial charge in [0, 0.05) is 25.7 Å². The normalized spacial score (nSPS) is 13.9. The summed E-state index contributed by atoms with van der Waals surface area (Å²) >= 11 is 0. The third-order valence-corrected chi connectivity index (χ3v) is 21.4. The fourth-order valence-corrected chi connectivity index (χ4v) is 14.5. The van der Waals surface area contributed by atoms with E-state index in [0.29, 0.717) is 31.6 Å². The lowest BCUT2D eigenvalue weighted by Gasteiger charge is -2.21. The molecule has 0 radical (unpaired) electrons. The van der Waals surface area contributed by atoms with Crippen LogP contribution >= 0.6 is 15.6 Å². The summed E-state index contributed by atoms with van der Waals surface area (Å²) in [6.07, 6.45) is 65.3. The van der Waals surface area contributed by atoms with E-state index in [0.717, 1.165) is 102 Å². The van der Waals surface area contributed by atoms with Crippen molar-refractivity contribution in [2.45, 2.75) is 458 Å². The van der Waals surface area contributed by atoms with E-state index < -0.39 is 97.5 Å². The summed E-state index contributed by atoms with van der Waals surface area (Å²) in [7, 11) is -9.92. The van der Waals surface area contributed by atoms with E-state index in [-0.39, 0.29) is 25.7 Å². The Bertz CT molecular complexity index is 1960. The molecule has 0 aromatic heterocycles. The fraction of sp³-hybridized carbons (Fsp3) is 0.952. The van der Waals surface area contributed by atoms with Crippen molar-refractivity contribution in [1.82, 2.24) is 0 Å². The predicted octanol–water partition coefficient (Wildman–Crippen LogP) is 25.1. The van der Waals surface area contributed by atoms with Crippen LogP contribution in [-0.2, 0) is 65.4 Å². The van der Waals surface area contributed by atoms with Crippen molar-refractivity contribution in [3.05, 3.63) is 0 Å². The predicted molar refractivity (Wildman–Crippen MR) is 418 cm³/mol. The van der Waals surface area contributed by atoms with Gasteiger partial charge in [-0.2, -0.15) is 0 Å². The van der Waals surface area contributed by atoms with Crippen molar-refractivity contribution in [2.24, 2.45) is 11.8 Å². The first-order chi connectivity index (χ1) is 49.4. The maximum absolute atomic E-state index is 13.1. The van der Waals surface area contributed by atoms with Crippen LogP contribution in [0.4, 0.5) is 0 Å². The molecule has 0 aromatic rings. The number of ether oxygens (including phenoxy) is 4. The van der Waals surface area contributed by atoms with Crippen LogP contribution in [0.15, 0.2) is 0 Å². The zero-order valence-electron chi connectivity index (χ0n) is 66.9. The number of aliphatic hydroxyl groups excluding tert-OH is 1. The molecule has 2 unspecified atom stereocenters.